The van der Waals surface area contributed by atoms with E-state index in [1.807, 2.05) is 0 Å². The number of likely N-dealkylation sites (tertiary alicyclic amines) is 1. The maximum atomic E-state index is 5.76. The molecule has 2 nitrogen and oxygen atoms in total. The summed E-state index contributed by atoms with van der Waals surface area (Å²) in [6.45, 7) is 3.40. The van der Waals surface area contributed by atoms with Crippen LogP contribution >= 0.6 is 24.8 Å². The normalized spacial score (nSPS) is 31.9. The molecule has 0 bridgehead atoms. The molecule has 0 radical (unpaired) electrons. The van der Waals surface area contributed by atoms with Crippen LogP contribution in [-0.2, 0) is 0 Å². The van der Waals surface area contributed by atoms with E-state index in [1.54, 1.807) is 0 Å². The van der Waals surface area contributed by atoms with Crippen LogP contribution < -0.4 is 5.73 Å². The summed E-state index contributed by atoms with van der Waals surface area (Å²) in [5.74, 6) is 0. The van der Waals surface area contributed by atoms with Crippen molar-refractivity contribution in [2.45, 2.75) is 31.8 Å². The van der Waals surface area contributed by atoms with Crippen LogP contribution in [0.3, 0.4) is 0 Å². The van der Waals surface area contributed by atoms with Crippen LogP contribution in [0.25, 0.3) is 0 Å². The molecule has 1 saturated heterocycles. The fraction of sp³-hybridized carbons (Fsp3) is 1.00. The van der Waals surface area contributed by atoms with Gasteiger partial charge in [-0.1, -0.05) is 0 Å². The zero-order valence-corrected chi connectivity index (χ0v) is 8.75. The molecule has 0 aliphatic carbocycles. The zero-order chi connectivity index (χ0) is 6.85. The van der Waals surface area contributed by atoms with Crippen LogP contribution in [0.15, 0.2) is 0 Å². The first-order chi connectivity index (χ1) is 4.20. The Morgan fingerprint density at radius 3 is 2.27 bits per heavy atom. The number of nitrogens with zero attached hydrogens (tertiary/aromatic N) is 1. The van der Waals surface area contributed by atoms with Gasteiger partial charge in [0.15, 0.2) is 0 Å². The number of hydrogen-bond donors (Lipinski definition) is 1. The highest BCUT2D eigenvalue weighted by molar-refractivity contribution is 5.85. The van der Waals surface area contributed by atoms with E-state index >= 15 is 0 Å². The first-order valence-corrected chi connectivity index (χ1v) is 3.66. The van der Waals surface area contributed by atoms with Gasteiger partial charge in [0.25, 0.3) is 0 Å². The van der Waals surface area contributed by atoms with E-state index in [-0.39, 0.29) is 24.8 Å². The number of hydrogen-bond acceptors (Lipinski definition) is 2. The molecule has 1 rings (SSSR count). The second-order valence-electron chi connectivity index (χ2n) is 3.11. The van der Waals surface area contributed by atoms with Gasteiger partial charge in [-0.3, -0.25) is 0 Å². The fourth-order valence-corrected chi connectivity index (χ4v) is 1.33. The van der Waals surface area contributed by atoms with Crippen LogP contribution in [0.4, 0.5) is 0 Å². The minimum atomic E-state index is 0. The van der Waals surface area contributed by atoms with Gasteiger partial charge in [0.1, 0.15) is 0 Å². The van der Waals surface area contributed by atoms with Crippen molar-refractivity contribution < 1.29 is 0 Å². The van der Waals surface area contributed by atoms with Gasteiger partial charge in [0, 0.05) is 12.1 Å². The molecule has 0 amide bonds. The summed E-state index contributed by atoms with van der Waals surface area (Å²) in [4.78, 5) is 2.36. The van der Waals surface area contributed by atoms with Crippen LogP contribution in [0.1, 0.15) is 19.8 Å². The van der Waals surface area contributed by atoms with Gasteiger partial charge in [0.2, 0.25) is 0 Å². The minimum Gasteiger partial charge on any atom is -0.328 e. The standard InChI is InChI=1S/C7H16N2.2ClH/c1-6-5-7(8)3-4-9(6)2;;/h6-7H,3-5,8H2,1-2H3;2*1H. The predicted octanol–water partition coefficient (Wildman–Crippen LogP) is 1.27. The van der Waals surface area contributed by atoms with Crippen LogP contribution in [0, 0.1) is 0 Å². The summed E-state index contributed by atoms with van der Waals surface area (Å²) in [5, 5.41) is 0. The second-order valence-corrected chi connectivity index (χ2v) is 3.11. The summed E-state index contributed by atoms with van der Waals surface area (Å²) in [6, 6.07) is 1.14. The van der Waals surface area contributed by atoms with Gasteiger partial charge in [-0.25, -0.2) is 0 Å². The summed E-state index contributed by atoms with van der Waals surface area (Å²) in [7, 11) is 2.16. The molecule has 70 valence electrons. The predicted molar refractivity (Wildman–Crippen MR) is 53.8 cm³/mol. The van der Waals surface area contributed by atoms with Gasteiger partial charge < -0.3 is 10.6 Å². The van der Waals surface area contributed by atoms with Crippen molar-refractivity contribution >= 4 is 24.8 Å². The highest BCUT2D eigenvalue weighted by Crippen LogP contribution is 2.12. The van der Waals surface area contributed by atoms with E-state index in [4.69, 9.17) is 5.73 Å². The number of rotatable bonds is 0. The molecule has 1 aliphatic rings. The molecule has 4 heteroatoms. The lowest BCUT2D eigenvalue weighted by Gasteiger charge is -2.33. The van der Waals surface area contributed by atoms with Crippen molar-refractivity contribution in [3.63, 3.8) is 0 Å². The summed E-state index contributed by atoms with van der Waals surface area (Å²) in [6.07, 6.45) is 2.33. The van der Waals surface area contributed by atoms with Crippen molar-refractivity contribution in [2.24, 2.45) is 5.73 Å². The van der Waals surface area contributed by atoms with E-state index in [0.717, 1.165) is 6.42 Å². The van der Waals surface area contributed by atoms with E-state index < -0.39 is 0 Å². The average molecular weight is 201 g/mol. The Hall–Kier alpha value is 0.500. The monoisotopic (exact) mass is 200 g/mol. The quantitative estimate of drug-likeness (QED) is 0.639. The van der Waals surface area contributed by atoms with E-state index in [9.17, 15) is 0 Å². The molecule has 0 aromatic carbocycles. The molecule has 2 atom stereocenters. The molecule has 2 N–H and O–H groups in total. The SMILES string of the molecule is CC1CC(N)CCN1C.Cl.Cl. The molecule has 1 fully saturated rings. The molecular weight excluding hydrogens is 183 g/mol. The van der Waals surface area contributed by atoms with E-state index in [2.05, 4.69) is 18.9 Å². The van der Waals surface area contributed by atoms with Crippen LogP contribution in [0.2, 0.25) is 0 Å². The third kappa shape index (κ3) is 4.16. The average Bonchev–Trinajstić information content (AvgIpc) is 1.80. The molecule has 1 aliphatic heterocycles. The number of halogens is 2. The van der Waals surface area contributed by atoms with Gasteiger partial charge in [-0.2, -0.15) is 0 Å². The topological polar surface area (TPSA) is 29.3 Å². The molecule has 0 spiro atoms. The van der Waals surface area contributed by atoms with Gasteiger partial charge in [-0.05, 0) is 33.4 Å². The number of piperidine rings is 1. The lowest BCUT2D eigenvalue weighted by molar-refractivity contribution is 0.184. The summed E-state index contributed by atoms with van der Waals surface area (Å²) in [5.41, 5.74) is 5.76. The summed E-state index contributed by atoms with van der Waals surface area (Å²) < 4.78 is 0. The lowest BCUT2D eigenvalue weighted by Crippen LogP contribution is -2.43. The molecule has 11 heavy (non-hydrogen) atoms. The fourth-order valence-electron chi connectivity index (χ4n) is 1.33. The van der Waals surface area contributed by atoms with Gasteiger partial charge >= 0.3 is 0 Å². The third-order valence-electron chi connectivity index (χ3n) is 2.25. The zero-order valence-electron chi connectivity index (χ0n) is 7.12. The van der Waals surface area contributed by atoms with Crippen molar-refractivity contribution in [3.05, 3.63) is 0 Å². The Morgan fingerprint density at radius 2 is 1.91 bits per heavy atom. The van der Waals surface area contributed by atoms with Gasteiger partial charge in [0.05, 0.1) is 0 Å². The first-order valence-electron chi connectivity index (χ1n) is 3.66. The Kier molecular flexibility index (Phi) is 7.75. The van der Waals surface area contributed by atoms with Crippen molar-refractivity contribution in [1.29, 1.82) is 0 Å². The Bertz CT molecular complexity index is 100. The molecule has 0 aromatic rings. The maximum Gasteiger partial charge on any atom is 0.00786 e. The van der Waals surface area contributed by atoms with Crippen molar-refractivity contribution in [2.75, 3.05) is 13.6 Å². The molecule has 0 aromatic heterocycles. The molecule has 1 heterocycles. The lowest BCUT2D eigenvalue weighted by atomic mass is 10.0. The first kappa shape index (κ1) is 14.0. The largest absolute Gasteiger partial charge is 0.328 e. The number of nitrogens with two attached hydrogens (primary N) is 1. The third-order valence-corrected chi connectivity index (χ3v) is 2.25. The van der Waals surface area contributed by atoms with Crippen molar-refractivity contribution in [3.8, 4) is 0 Å². The van der Waals surface area contributed by atoms with E-state index in [0.29, 0.717) is 12.1 Å². The summed E-state index contributed by atoms with van der Waals surface area (Å²) >= 11 is 0. The Morgan fingerprint density at radius 1 is 1.36 bits per heavy atom. The Balaban J connectivity index is 0. The highest BCUT2D eigenvalue weighted by Gasteiger charge is 2.18. The van der Waals surface area contributed by atoms with E-state index in [1.165, 1.54) is 13.0 Å². The maximum absolute atomic E-state index is 5.76. The van der Waals surface area contributed by atoms with Crippen LogP contribution in [-0.4, -0.2) is 30.6 Å². The Labute approximate surface area is 81.3 Å². The second kappa shape index (κ2) is 6.06. The molecule has 2 unspecified atom stereocenters. The highest BCUT2D eigenvalue weighted by atomic mass is 35.5. The van der Waals surface area contributed by atoms with Gasteiger partial charge in [-0.15, -0.1) is 24.8 Å². The van der Waals surface area contributed by atoms with Crippen molar-refractivity contribution in [1.82, 2.24) is 4.90 Å². The molecule has 0 saturated carbocycles. The molecular formula is C7H18Cl2N2. The minimum absolute atomic E-state index is 0. The smallest absolute Gasteiger partial charge is 0.00786 e. The van der Waals surface area contributed by atoms with Crippen LogP contribution in [0.5, 0.6) is 0 Å².